The van der Waals surface area contributed by atoms with Crippen molar-refractivity contribution >= 4 is 39.3 Å². The summed E-state index contributed by atoms with van der Waals surface area (Å²) in [6, 6.07) is 21.6. The van der Waals surface area contributed by atoms with E-state index in [-0.39, 0.29) is 11.6 Å². The highest BCUT2D eigenvalue weighted by Gasteiger charge is 2.21. The number of esters is 1. The highest BCUT2D eigenvalue weighted by Crippen LogP contribution is 2.24. The van der Waals surface area contributed by atoms with Gasteiger partial charge >= 0.3 is 5.97 Å². The van der Waals surface area contributed by atoms with Crippen LogP contribution in [-0.4, -0.2) is 33.1 Å². The lowest BCUT2D eigenvalue weighted by atomic mass is 10.1. The summed E-state index contributed by atoms with van der Waals surface area (Å²) in [5.74, 6) is -0.776. The molecule has 32 heavy (non-hydrogen) atoms. The van der Waals surface area contributed by atoms with Crippen LogP contribution in [0.4, 0.5) is 0 Å². The molecule has 0 radical (unpaired) electrons. The van der Waals surface area contributed by atoms with Gasteiger partial charge in [-0.25, -0.2) is 14.5 Å². The van der Waals surface area contributed by atoms with Gasteiger partial charge in [0, 0.05) is 20.6 Å². The molecule has 0 saturated carbocycles. The number of aryl methyl sites for hydroxylation is 1. The van der Waals surface area contributed by atoms with Gasteiger partial charge in [0.15, 0.2) is 18.2 Å². The van der Waals surface area contributed by atoms with E-state index in [1.807, 2.05) is 55.5 Å². The number of Topliss-reactive ketones (excluding diaryl/α,β-unsaturated/α-hetero) is 1. The average molecular weight is 511 g/mol. The summed E-state index contributed by atoms with van der Waals surface area (Å²) >= 11 is 9.26. The van der Waals surface area contributed by atoms with Crippen LogP contribution in [0.25, 0.3) is 17.1 Å². The molecule has 0 atom stereocenters. The molecule has 0 aliphatic carbocycles. The van der Waals surface area contributed by atoms with Gasteiger partial charge in [-0.15, -0.1) is 5.10 Å². The topological polar surface area (TPSA) is 74.1 Å². The van der Waals surface area contributed by atoms with Crippen molar-refractivity contribution < 1.29 is 14.3 Å². The first-order valence-electron chi connectivity index (χ1n) is 9.66. The van der Waals surface area contributed by atoms with Crippen LogP contribution >= 0.6 is 27.5 Å². The first kappa shape index (κ1) is 21.9. The number of rotatable bonds is 6. The Hall–Kier alpha value is -3.29. The van der Waals surface area contributed by atoms with Gasteiger partial charge in [0.1, 0.15) is 0 Å². The average Bonchev–Trinajstić information content (AvgIpc) is 3.24. The third-order valence-corrected chi connectivity index (χ3v) is 5.45. The van der Waals surface area contributed by atoms with Crippen molar-refractivity contribution in [3.63, 3.8) is 0 Å². The van der Waals surface area contributed by atoms with E-state index in [9.17, 15) is 9.59 Å². The number of carbonyl (C=O) groups excluding carboxylic acids is 2. The van der Waals surface area contributed by atoms with E-state index in [0.29, 0.717) is 16.4 Å². The monoisotopic (exact) mass is 509 g/mol. The number of aromatic nitrogens is 3. The number of nitrogens with zero attached hydrogens (tertiary/aromatic N) is 3. The van der Waals surface area contributed by atoms with E-state index in [1.54, 1.807) is 28.9 Å². The molecule has 8 heteroatoms. The molecule has 1 aromatic heterocycles. The Labute approximate surface area is 197 Å². The lowest BCUT2D eigenvalue weighted by Crippen LogP contribution is -2.15. The summed E-state index contributed by atoms with van der Waals surface area (Å²) in [4.78, 5) is 29.3. The van der Waals surface area contributed by atoms with Crippen LogP contribution in [0.3, 0.4) is 0 Å². The fourth-order valence-corrected chi connectivity index (χ4v) is 3.36. The zero-order valence-corrected chi connectivity index (χ0v) is 19.3. The quantitative estimate of drug-likeness (QED) is 0.246. The van der Waals surface area contributed by atoms with Gasteiger partial charge in [-0.05, 0) is 55.5 Å². The summed E-state index contributed by atoms with van der Waals surface area (Å²) in [6.07, 6.45) is 0. The first-order chi connectivity index (χ1) is 15.4. The molecule has 0 aliphatic heterocycles. The van der Waals surface area contributed by atoms with Gasteiger partial charge in [-0.2, -0.15) is 0 Å². The number of halogens is 2. The minimum atomic E-state index is -0.781. The smallest absolute Gasteiger partial charge is 0.378 e. The zero-order valence-electron chi connectivity index (χ0n) is 17.0. The SMILES string of the molecule is Cc1ccc(-n2nc(C(=O)OCC(=O)c3ccc(Cl)cc3)nc2-c2ccc(Br)cc2)cc1. The molecule has 6 nitrogen and oxygen atoms in total. The summed E-state index contributed by atoms with van der Waals surface area (Å²) in [7, 11) is 0. The van der Waals surface area contributed by atoms with Crippen LogP contribution in [0.1, 0.15) is 26.5 Å². The molecule has 3 aromatic carbocycles. The molecule has 0 spiro atoms. The number of benzene rings is 3. The van der Waals surface area contributed by atoms with Crippen molar-refractivity contribution in [3.8, 4) is 17.1 Å². The highest BCUT2D eigenvalue weighted by atomic mass is 79.9. The first-order valence-corrected chi connectivity index (χ1v) is 10.8. The molecule has 0 amide bonds. The van der Waals surface area contributed by atoms with Crippen molar-refractivity contribution in [1.29, 1.82) is 0 Å². The largest absolute Gasteiger partial charge is 0.451 e. The maximum atomic E-state index is 12.6. The molecular formula is C24H17BrClN3O3. The number of ether oxygens (including phenoxy) is 1. The number of carbonyl (C=O) groups is 2. The summed E-state index contributed by atoms with van der Waals surface area (Å²) in [6.45, 7) is 1.56. The third-order valence-electron chi connectivity index (χ3n) is 4.67. The second-order valence-corrected chi connectivity index (χ2v) is 8.37. The van der Waals surface area contributed by atoms with Gasteiger partial charge in [-0.3, -0.25) is 4.79 Å². The highest BCUT2D eigenvalue weighted by molar-refractivity contribution is 9.10. The second-order valence-electron chi connectivity index (χ2n) is 7.02. The lowest BCUT2D eigenvalue weighted by molar-refractivity contribution is 0.0462. The van der Waals surface area contributed by atoms with Gasteiger partial charge in [0.2, 0.25) is 0 Å². The normalized spacial score (nSPS) is 10.7. The molecule has 0 aliphatic rings. The second kappa shape index (κ2) is 9.46. The lowest BCUT2D eigenvalue weighted by Gasteiger charge is -2.06. The van der Waals surface area contributed by atoms with Crippen LogP contribution < -0.4 is 0 Å². The van der Waals surface area contributed by atoms with E-state index in [4.69, 9.17) is 16.3 Å². The molecular weight excluding hydrogens is 494 g/mol. The van der Waals surface area contributed by atoms with Crippen molar-refractivity contribution in [1.82, 2.24) is 14.8 Å². The minimum absolute atomic E-state index is 0.132. The van der Waals surface area contributed by atoms with Crippen LogP contribution in [0.5, 0.6) is 0 Å². The molecule has 0 unspecified atom stereocenters. The third kappa shape index (κ3) is 4.95. The Morgan fingerprint density at radius 2 is 1.62 bits per heavy atom. The minimum Gasteiger partial charge on any atom is -0.451 e. The molecule has 4 rings (SSSR count). The molecule has 160 valence electrons. The van der Waals surface area contributed by atoms with Crippen molar-refractivity contribution in [2.24, 2.45) is 0 Å². The van der Waals surface area contributed by atoms with Gasteiger partial charge in [-0.1, -0.05) is 57.4 Å². The molecule has 0 saturated heterocycles. The fourth-order valence-electron chi connectivity index (χ4n) is 2.97. The molecule has 0 N–H and O–H groups in total. The van der Waals surface area contributed by atoms with Crippen LogP contribution in [0, 0.1) is 6.92 Å². The van der Waals surface area contributed by atoms with E-state index in [2.05, 4.69) is 26.0 Å². The predicted molar refractivity (Wildman–Crippen MR) is 125 cm³/mol. The predicted octanol–water partition coefficient (Wildman–Crippen LogP) is 5.70. The van der Waals surface area contributed by atoms with E-state index < -0.39 is 12.6 Å². The van der Waals surface area contributed by atoms with Crippen LogP contribution in [0.2, 0.25) is 5.02 Å². The fraction of sp³-hybridized carbons (Fsp3) is 0.0833. The van der Waals surface area contributed by atoms with E-state index in [1.165, 1.54) is 0 Å². The Kier molecular flexibility index (Phi) is 6.48. The molecule has 1 heterocycles. The number of hydrogen-bond acceptors (Lipinski definition) is 5. The van der Waals surface area contributed by atoms with Crippen molar-refractivity contribution in [3.05, 3.63) is 99.2 Å². The number of ketones is 1. The molecule has 0 fully saturated rings. The van der Waals surface area contributed by atoms with Gasteiger partial charge < -0.3 is 4.74 Å². The molecule has 0 bridgehead atoms. The summed E-state index contributed by atoms with van der Waals surface area (Å²) < 4.78 is 7.69. The van der Waals surface area contributed by atoms with E-state index >= 15 is 0 Å². The Balaban J connectivity index is 1.60. The molecule has 4 aromatic rings. The van der Waals surface area contributed by atoms with Crippen LogP contribution in [0.15, 0.2) is 77.3 Å². The van der Waals surface area contributed by atoms with Crippen molar-refractivity contribution in [2.45, 2.75) is 6.92 Å². The van der Waals surface area contributed by atoms with Gasteiger partial charge in [0.05, 0.1) is 5.69 Å². The van der Waals surface area contributed by atoms with Crippen LogP contribution in [-0.2, 0) is 4.74 Å². The Bertz CT molecular complexity index is 1200. The number of hydrogen-bond donors (Lipinski definition) is 0. The van der Waals surface area contributed by atoms with Gasteiger partial charge in [0.25, 0.3) is 5.82 Å². The van der Waals surface area contributed by atoms with E-state index in [0.717, 1.165) is 21.3 Å². The summed E-state index contributed by atoms with van der Waals surface area (Å²) in [5.41, 5.74) is 3.02. The maximum Gasteiger partial charge on any atom is 0.378 e. The Morgan fingerprint density at radius 3 is 2.28 bits per heavy atom. The Morgan fingerprint density at radius 1 is 0.969 bits per heavy atom. The summed E-state index contributed by atoms with van der Waals surface area (Å²) in [5, 5.41) is 4.88. The maximum absolute atomic E-state index is 12.6. The standard InChI is InChI=1S/C24H17BrClN3O3/c1-15-2-12-20(13-3-15)29-23(17-4-8-18(25)9-5-17)27-22(28-29)24(31)32-14-21(30)16-6-10-19(26)11-7-16/h2-13H,14H2,1H3. The zero-order chi connectivity index (χ0) is 22.7. The van der Waals surface area contributed by atoms with Crippen molar-refractivity contribution in [2.75, 3.05) is 6.61 Å².